The third-order valence-electron chi connectivity index (χ3n) is 16.9. The predicted octanol–water partition coefficient (Wildman–Crippen LogP) is 8.38. The first-order valence-electron chi connectivity index (χ1n) is 34.0. The van der Waals surface area contributed by atoms with Crippen LogP contribution in [0.4, 0.5) is 0 Å². The molecule has 17 unspecified atom stereocenters. The fourth-order valence-corrected chi connectivity index (χ4v) is 11.3. The second-order valence-corrected chi connectivity index (χ2v) is 24.3. The first kappa shape index (κ1) is 78.7. The van der Waals surface area contributed by atoms with Gasteiger partial charge in [0.1, 0.15) is 73.2 Å². The molecule has 0 aromatic carbocycles. The van der Waals surface area contributed by atoms with Gasteiger partial charge in [-0.05, 0) is 57.8 Å². The van der Waals surface area contributed by atoms with Crippen LogP contribution in [0.5, 0.6) is 0 Å². The Morgan fingerprint density at radius 1 is 0.425 bits per heavy atom. The number of unbranched alkanes of at least 4 members (excludes halogenated alkanes) is 25. The van der Waals surface area contributed by atoms with Crippen LogP contribution in [0, 0.1) is 0 Å². The van der Waals surface area contributed by atoms with Crippen LogP contribution in [0.2, 0.25) is 0 Å². The lowest BCUT2D eigenvalue weighted by Gasteiger charge is -2.48. The van der Waals surface area contributed by atoms with Crippen LogP contribution < -0.4 is 5.32 Å². The molecule has 3 saturated heterocycles. The summed E-state index contributed by atoms with van der Waals surface area (Å²) in [4.78, 5) is 13.3. The van der Waals surface area contributed by atoms with Crippen molar-refractivity contribution in [3.05, 3.63) is 60.8 Å². The summed E-state index contributed by atoms with van der Waals surface area (Å²) in [6.07, 6.45) is 33.7. The van der Waals surface area contributed by atoms with Gasteiger partial charge in [-0.3, -0.25) is 4.79 Å². The van der Waals surface area contributed by atoms with Gasteiger partial charge in [0.25, 0.3) is 0 Å². The van der Waals surface area contributed by atoms with Gasteiger partial charge in [0.2, 0.25) is 5.91 Å². The topological polar surface area (TPSA) is 307 Å². The van der Waals surface area contributed by atoms with E-state index in [4.69, 9.17) is 28.4 Å². The summed E-state index contributed by atoms with van der Waals surface area (Å²) in [5.41, 5.74) is 0. The van der Waals surface area contributed by atoms with Crippen molar-refractivity contribution in [2.75, 3.05) is 26.4 Å². The number of allylic oxidation sites excluding steroid dienone is 10. The smallest absolute Gasteiger partial charge is 0.220 e. The van der Waals surface area contributed by atoms with Gasteiger partial charge in [0.15, 0.2) is 18.9 Å². The van der Waals surface area contributed by atoms with Gasteiger partial charge in [0, 0.05) is 6.42 Å². The standard InChI is InChI=1S/C68H121NO18/c1-3-5-7-9-11-12-13-14-15-16-17-18-19-20-21-22-23-24-25-26-27-28-29-30-31-32-33-34-35-36-37-38-40-42-44-46-56(74)69-51(52(73)45-43-41-39-10-8-6-4-2)50-82-66-62(80)59(77)64(54(48-71)84-66)87-68-63(81)60(78)65(55(49-72)85-68)86-67-61(79)58(76)57(75)53(47-70)83-67/h5,7,11-12,14-15,17-18,20-21,51-55,57-68,70-73,75-81H,3-4,6,8-10,13,16,19,22-50H2,1-2H3,(H,69,74)/b7-5-,12-11-,15-14-,18-17-,21-20-. The number of aliphatic hydroxyl groups is 11. The number of amides is 1. The zero-order chi connectivity index (χ0) is 63.3. The Hall–Kier alpha value is -2.51. The second-order valence-electron chi connectivity index (χ2n) is 24.3. The Kier molecular flexibility index (Phi) is 45.3. The van der Waals surface area contributed by atoms with Crippen molar-refractivity contribution in [1.82, 2.24) is 5.32 Å². The maximum atomic E-state index is 13.3. The third kappa shape index (κ3) is 32.6. The Balaban J connectivity index is 1.28. The molecule has 0 saturated carbocycles. The number of hydrogen-bond acceptors (Lipinski definition) is 18. The number of ether oxygens (including phenoxy) is 6. The van der Waals surface area contributed by atoms with E-state index in [1.807, 2.05) is 0 Å². The van der Waals surface area contributed by atoms with Crippen molar-refractivity contribution in [1.29, 1.82) is 0 Å². The van der Waals surface area contributed by atoms with Crippen molar-refractivity contribution in [2.45, 2.75) is 336 Å². The van der Waals surface area contributed by atoms with Gasteiger partial charge in [-0.15, -0.1) is 0 Å². The Labute approximate surface area is 522 Å². The van der Waals surface area contributed by atoms with Crippen LogP contribution in [0.1, 0.15) is 232 Å². The lowest BCUT2D eigenvalue weighted by molar-refractivity contribution is -0.379. The van der Waals surface area contributed by atoms with E-state index in [1.54, 1.807) is 0 Å². The zero-order valence-electron chi connectivity index (χ0n) is 53.2. The van der Waals surface area contributed by atoms with E-state index in [0.29, 0.717) is 12.8 Å². The fourth-order valence-electron chi connectivity index (χ4n) is 11.3. The summed E-state index contributed by atoms with van der Waals surface area (Å²) >= 11 is 0. The molecule has 12 N–H and O–H groups in total. The van der Waals surface area contributed by atoms with Gasteiger partial charge < -0.3 is 89.9 Å². The van der Waals surface area contributed by atoms with E-state index >= 15 is 0 Å². The Morgan fingerprint density at radius 3 is 1.24 bits per heavy atom. The van der Waals surface area contributed by atoms with E-state index in [-0.39, 0.29) is 18.9 Å². The number of carbonyl (C=O) groups is 1. The molecular weight excluding hydrogens is 1120 g/mol. The van der Waals surface area contributed by atoms with Crippen LogP contribution in [-0.2, 0) is 33.2 Å². The van der Waals surface area contributed by atoms with Crippen molar-refractivity contribution in [3.63, 3.8) is 0 Å². The van der Waals surface area contributed by atoms with Crippen molar-refractivity contribution < 1.29 is 89.4 Å². The molecule has 3 heterocycles. The predicted molar refractivity (Wildman–Crippen MR) is 337 cm³/mol. The van der Waals surface area contributed by atoms with E-state index in [0.717, 1.165) is 89.9 Å². The minimum Gasteiger partial charge on any atom is -0.394 e. The van der Waals surface area contributed by atoms with E-state index < -0.39 is 124 Å². The SMILES string of the molecule is CC/C=C\C/C=C\C/C=C\C/C=C\C/C=C\CCCCCCCCCCCCCCCCCCCCCC(=O)NC(COC1OC(CO)C(OC2OC(CO)C(OC3OC(CO)C(O)C(O)C3O)C(O)C2O)C(O)C1O)C(O)CCCCCCCCC. The molecule has 19 heteroatoms. The molecule has 0 radical (unpaired) electrons. The van der Waals surface area contributed by atoms with Gasteiger partial charge in [-0.2, -0.15) is 0 Å². The van der Waals surface area contributed by atoms with Crippen LogP contribution in [0.3, 0.4) is 0 Å². The second kappa shape index (κ2) is 50.1. The van der Waals surface area contributed by atoms with Gasteiger partial charge in [-0.1, -0.05) is 229 Å². The lowest BCUT2D eigenvalue weighted by Crippen LogP contribution is -2.66. The molecule has 0 aromatic heterocycles. The molecule has 0 spiro atoms. The molecule has 0 aliphatic carbocycles. The molecule has 3 aliphatic rings. The Bertz CT molecular complexity index is 1820. The summed E-state index contributed by atoms with van der Waals surface area (Å²) in [5, 5.41) is 120. The highest BCUT2D eigenvalue weighted by molar-refractivity contribution is 5.76. The summed E-state index contributed by atoms with van der Waals surface area (Å²) in [7, 11) is 0. The quantitative estimate of drug-likeness (QED) is 0.0201. The van der Waals surface area contributed by atoms with E-state index in [2.05, 4.69) is 79.9 Å². The number of rotatable bonds is 51. The normalized spacial score (nSPS) is 29.0. The number of aliphatic hydroxyl groups excluding tert-OH is 11. The minimum absolute atomic E-state index is 0.247. The maximum absolute atomic E-state index is 13.3. The van der Waals surface area contributed by atoms with Gasteiger partial charge in [0.05, 0.1) is 38.6 Å². The number of hydrogen-bond donors (Lipinski definition) is 12. The Morgan fingerprint density at radius 2 is 0.793 bits per heavy atom. The van der Waals surface area contributed by atoms with Crippen LogP contribution >= 0.6 is 0 Å². The summed E-state index contributed by atoms with van der Waals surface area (Å²) in [6.45, 7) is 1.62. The molecule has 0 aromatic rings. The highest BCUT2D eigenvalue weighted by Crippen LogP contribution is 2.33. The molecule has 19 nitrogen and oxygen atoms in total. The molecule has 1 amide bonds. The van der Waals surface area contributed by atoms with Gasteiger partial charge in [-0.25, -0.2) is 0 Å². The average Bonchev–Trinajstić information content (AvgIpc) is 2.35. The summed E-state index contributed by atoms with van der Waals surface area (Å²) in [6, 6.07) is -0.884. The first-order valence-corrected chi connectivity index (χ1v) is 34.0. The largest absolute Gasteiger partial charge is 0.394 e. The highest BCUT2D eigenvalue weighted by Gasteiger charge is 2.53. The van der Waals surface area contributed by atoms with E-state index in [9.17, 15) is 61.0 Å². The molecule has 3 fully saturated rings. The summed E-state index contributed by atoms with van der Waals surface area (Å²) in [5.74, 6) is -0.247. The number of nitrogens with one attached hydrogen (secondary N) is 1. The van der Waals surface area contributed by atoms with E-state index in [1.165, 1.54) is 109 Å². The third-order valence-corrected chi connectivity index (χ3v) is 16.9. The van der Waals surface area contributed by atoms with Crippen LogP contribution in [0.15, 0.2) is 60.8 Å². The van der Waals surface area contributed by atoms with Crippen molar-refractivity contribution >= 4 is 5.91 Å². The zero-order valence-corrected chi connectivity index (χ0v) is 53.2. The lowest BCUT2D eigenvalue weighted by atomic mass is 9.96. The van der Waals surface area contributed by atoms with Crippen LogP contribution in [-0.4, -0.2) is 193 Å². The fraction of sp³-hybridized carbons (Fsp3) is 0.838. The highest BCUT2D eigenvalue weighted by atomic mass is 16.8. The molecular formula is C68H121NO18. The first-order chi connectivity index (χ1) is 42.3. The average molecular weight is 1240 g/mol. The maximum Gasteiger partial charge on any atom is 0.220 e. The molecule has 506 valence electrons. The number of carbonyl (C=O) groups excluding carboxylic acids is 1. The van der Waals surface area contributed by atoms with Crippen molar-refractivity contribution in [3.8, 4) is 0 Å². The van der Waals surface area contributed by atoms with Crippen molar-refractivity contribution in [2.24, 2.45) is 0 Å². The van der Waals surface area contributed by atoms with Crippen LogP contribution in [0.25, 0.3) is 0 Å². The molecule has 3 rings (SSSR count). The molecule has 17 atom stereocenters. The van der Waals surface area contributed by atoms with Gasteiger partial charge >= 0.3 is 0 Å². The molecule has 87 heavy (non-hydrogen) atoms. The molecule has 3 aliphatic heterocycles. The monoisotopic (exact) mass is 1240 g/mol. The molecule has 0 bridgehead atoms. The minimum atomic E-state index is -1.97. The summed E-state index contributed by atoms with van der Waals surface area (Å²) < 4.78 is 34.2.